The third kappa shape index (κ3) is 1.44. The molecule has 1 N–H and O–H groups in total. The quantitative estimate of drug-likeness (QED) is 0.773. The molecule has 0 atom stereocenters. The molecule has 2 aromatic heterocycles. The van der Waals surface area contributed by atoms with Crippen LogP contribution < -0.4 is 10.2 Å². The van der Waals surface area contributed by atoms with Crippen molar-refractivity contribution in [2.24, 2.45) is 0 Å². The maximum atomic E-state index is 12.6. The van der Waals surface area contributed by atoms with Crippen LogP contribution in [0.25, 0.3) is 0 Å². The SMILES string of the molecule is [2H]c1ccnc2c1C(=O)N([2H])c1c(ncc([2H])c1C([2H])([2H])[2H])N2C. The number of rotatable bonds is 0. The fourth-order valence-corrected chi connectivity index (χ4v) is 1.78. The molecular weight excluding hydrogens is 228 g/mol. The van der Waals surface area contributed by atoms with Crippen LogP contribution >= 0.6 is 0 Å². The minimum atomic E-state index is -2.71. The zero-order valence-corrected chi connectivity index (χ0v) is 9.43. The highest BCUT2D eigenvalue weighted by Gasteiger charge is 2.25. The van der Waals surface area contributed by atoms with Gasteiger partial charge in [0.2, 0.25) is 0 Å². The van der Waals surface area contributed by atoms with Crippen LogP contribution in [0.4, 0.5) is 17.3 Å². The first-order valence-electron chi connectivity index (χ1n) is 8.12. The molecule has 18 heavy (non-hydrogen) atoms. The number of nitrogens with zero attached hydrogens (tertiary/aromatic N) is 3. The average molecular weight is 246 g/mol. The van der Waals surface area contributed by atoms with Crippen molar-refractivity contribution in [3.8, 4) is 0 Å². The van der Waals surface area contributed by atoms with Crippen LogP contribution in [0.2, 0.25) is 1.41 Å². The number of amides is 1. The van der Waals surface area contributed by atoms with Crippen molar-refractivity contribution in [3.05, 3.63) is 41.7 Å². The van der Waals surface area contributed by atoms with Crippen LogP contribution in [0.5, 0.6) is 0 Å². The van der Waals surface area contributed by atoms with Crippen molar-refractivity contribution in [1.29, 1.82) is 0 Å². The number of nitrogens with one attached hydrogen (secondary N) is 1. The number of anilines is 3. The van der Waals surface area contributed by atoms with Gasteiger partial charge in [0.1, 0.15) is 5.82 Å². The second-order valence-corrected chi connectivity index (χ2v) is 3.71. The maximum Gasteiger partial charge on any atom is 0.259 e. The molecule has 5 heteroatoms. The number of carbonyl (C=O) groups excluding carboxylic acids is 1. The van der Waals surface area contributed by atoms with Gasteiger partial charge in [0.25, 0.3) is 5.91 Å². The number of hydrogen-bond acceptors (Lipinski definition) is 4. The summed E-state index contributed by atoms with van der Waals surface area (Å²) in [5.74, 6) is -0.783. The van der Waals surface area contributed by atoms with Crippen molar-refractivity contribution in [2.75, 3.05) is 17.3 Å². The van der Waals surface area contributed by atoms with Gasteiger partial charge in [-0.25, -0.2) is 9.97 Å². The van der Waals surface area contributed by atoms with E-state index in [9.17, 15) is 4.79 Å². The summed E-state index contributed by atoms with van der Waals surface area (Å²) in [5.41, 5.74) is -0.870. The maximum absolute atomic E-state index is 12.6. The minimum Gasteiger partial charge on any atom is -0.318 e. The highest BCUT2D eigenvalue weighted by Crippen LogP contribution is 2.35. The van der Waals surface area contributed by atoms with Gasteiger partial charge in [0, 0.05) is 23.6 Å². The third-order valence-corrected chi connectivity index (χ3v) is 2.63. The molecule has 5 nitrogen and oxygen atoms in total. The molecular formula is C13H12N4O. The summed E-state index contributed by atoms with van der Waals surface area (Å²) in [4.78, 5) is 22.1. The largest absolute Gasteiger partial charge is 0.318 e. The van der Waals surface area contributed by atoms with E-state index in [0.717, 1.165) is 6.20 Å². The lowest BCUT2D eigenvalue weighted by Gasteiger charge is -2.18. The van der Waals surface area contributed by atoms with Gasteiger partial charge in [-0.05, 0) is 30.6 Å². The molecule has 0 unspecified atom stereocenters. The van der Waals surface area contributed by atoms with E-state index >= 15 is 0 Å². The van der Waals surface area contributed by atoms with Crippen LogP contribution in [0.15, 0.2) is 30.5 Å². The Balaban J connectivity index is 2.40. The van der Waals surface area contributed by atoms with Crippen molar-refractivity contribution in [2.45, 2.75) is 6.85 Å². The minimum absolute atomic E-state index is 0.0114. The van der Waals surface area contributed by atoms with E-state index in [1.165, 1.54) is 24.2 Å². The van der Waals surface area contributed by atoms with Crippen LogP contribution in [-0.2, 0) is 0 Å². The molecule has 0 aromatic carbocycles. The second-order valence-electron chi connectivity index (χ2n) is 3.71. The van der Waals surface area contributed by atoms with Gasteiger partial charge < -0.3 is 10.2 Å². The van der Waals surface area contributed by atoms with E-state index in [2.05, 4.69) is 9.97 Å². The first-order chi connectivity index (χ1) is 11.1. The number of hydrogen-bond donors (Lipinski definition) is 1. The monoisotopic (exact) mass is 246 g/mol. The fourth-order valence-electron chi connectivity index (χ4n) is 1.78. The Morgan fingerprint density at radius 1 is 1.39 bits per heavy atom. The number of pyridine rings is 2. The molecule has 0 bridgehead atoms. The van der Waals surface area contributed by atoms with Gasteiger partial charge in [0.15, 0.2) is 7.23 Å². The van der Waals surface area contributed by atoms with Gasteiger partial charge >= 0.3 is 0 Å². The molecule has 0 saturated heterocycles. The smallest absolute Gasteiger partial charge is 0.259 e. The van der Waals surface area contributed by atoms with E-state index in [4.69, 9.17) is 8.27 Å². The molecule has 0 fully saturated rings. The Kier molecular flexibility index (Phi) is 1.26. The Labute approximate surface area is 113 Å². The van der Waals surface area contributed by atoms with Gasteiger partial charge in [-0.3, -0.25) is 4.79 Å². The molecule has 0 saturated carbocycles. The number of aromatic nitrogens is 2. The highest BCUT2D eigenvalue weighted by molar-refractivity contribution is 6.11. The zero-order valence-electron chi connectivity index (χ0n) is 15.4. The average Bonchev–Trinajstić information content (AvgIpc) is 2.57. The number of fused-ring (bicyclic) bond motifs is 2. The molecule has 3 rings (SSSR count). The molecule has 0 aliphatic carbocycles. The molecule has 1 amide bonds. The summed E-state index contributed by atoms with van der Waals surface area (Å²) >= 11 is 0. The van der Waals surface area contributed by atoms with Gasteiger partial charge in [0.05, 0.1) is 14.0 Å². The summed E-state index contributed by atoms with van der Waals surface area (Å²) in [5, 5.41) is 0.379. The van der Waals surface area contributed by atoms with Crippen molar-refractivity contribution < 1.29 is 13.1 Å². The zero-order chi connectivity index (χ0) is 17.8. The van der Waals surface area contributed by atoms with Gasteiger partial charge in [-0.2, -0.15) is 0 Å². The predicted molar refractivity (Wildman–Crippen MR) is 69.2 cm³/mol. The van der Waals surface area contributed by atoms with Crippen molar-refractivity contribution in [1.82, 2.24) is 9.97 Å². The van der Waals surface area contributed by atoms with Crippen LogP contribution in [-0.4, -0.2) is 22.9 Å². The summed E-state index contributed by atoms with van der Waals surface area (Å²) in [6.07, 6.45) is 2.40. The van der Waals surface area contributed by atoms with Crippen molar-refractivity contribution in [3.63, 3.8) is 0 Å². The summed E-state index contributed by atoms with van der Waals surface area (Å²) in [6.45, 7) is -2.71. The standard InChI is InChI=1S/C13H12N4O/c1-8-5-7-15-12-10(8)16-13(18)9-4-3-6-14-11(9)17(12)2/h3-7H,1-2H3,(H,16,18)/i1D3,4D,5D/hD. The highest BCUT2D eigenvalue weighted by atomic mass is 16.1. The molecule has 3 heterocycles. The van der Waals surface area contributed by atoms with E-state index in [1.807, 2.05) is 0 Å². The summed E-state index contributed by atoms with van der Waals surface area (Å²) < 4.78 is 46.8. The Bertz CT molecular complexity index is 853. The topological polar surface area (TPSA) is 58.1 Å². The van der Waals surface area contributed by atoms with Gasteiger partial charge in [-0.1, -0.05) is 0 Å². The molecule has 2 aromatic rings. The lowest BCUT2D eigenvalue weighted by molar-refractivity contribution is 0.102. The lowest BCUT2D eigenvalue weighted by atomic mass is 10.2. The van der Waals surface area contributed by atoms with Crippen LogP contribution in [0.1, 0.15) is 22.8 Å². The first-order valence-corrected chi connectivity index (χ1v) is 5.17. The summed E-state index contributed by atoms with van der Waals surface area (Å²) in [6, 6.07) is 0.781. The number of carbonyl (C=O) groups is 1. The van der Waals surface area contributed by atoms with Crippen molar-refractivity contribution >= 4 is 23.2 Å². The molecule has 1 aliphatic heterocycles. The summed E-state index contributed by atoms with van der Waals surface area (Å²) in [7, 11) is 1.51. The van der Waals surface area contributed by atoms with Crippen LogP contribution in [0, 0.1) is 6.85 Å². The normalized spacial score (nSPS) is 19.5. The Morgan fingerprint density at radius 3 is 3.06 bits per heavy atom. The van der Waals surface area contributed by atoms with Gasteiger partial charge in [-0.15, -0.1) is 0 Å². The molecule has 90 valence electrons. The van der Waals surface area contributed by atoms with E-state index < -0.39 is 24.4 Å². The van der Waals surface area contributed by atoms with Crippen LogP contribution in [0.3, 0.4) is 0 Å². The van der Waals surface area contributed by atoms with E-state index in [0.29, 0.717) is 5.31 Å². The molecule has 0 radical (unpaired) electrons. The lowest BCUT2D eigenvalue weighted by Crippen LogP contribution is -2.14. The predicted octanol–water partition coefficient (Wildman–Crippen LogP) is 2.12. The Morgan fingerprint density at radius 2 is 2.22 bits per heavy atom. The molecule has 0 spiro atoms. The van der Waals surface area contributed by atoms with E-state index in [1.54, 1.807) is 0 Å². The second kappa shape index (κ2) is 3.80. The molecule has 1 aliphatic rings. The Hall–Kier alpha value is -2.43. The first kappa shape index (κ1) is 5.95. The third-order valence-electron chi connectivity index (χ3n) is 2.63. The van der Waals surface area contributed by atoms with E-state index in [-0.39, 0.29) is 28.9 Å². The fraction of sp³-hybridized carbons (Fsp3) is 0.154.